The molecule has 1 aliphatic carbocycles. The molecule has 5 rings (SSSR count). The molecule has 1 aromatic heterocycles. The number of amides is 2. The van der Waals surface area contributed by atoms with Crippen LogP contribution in [0.15, 0.2) is 42.5 Å². The number of aromatic amines is 1. The summed E-state index contributed by atoms with van der Waals surface area (Å²) in [7, 11) is 1.60. The number of nitrogens with one attached hydrogen (secondary N) is 2. The van der Waals surface area contributed by atoms with Crippen LogP contribution in [0.5, 0.6) is 5.75 Å². The first-order chi connectivity index (χ1) is 14.6. The second-order valence-electron chi connectivity index (χ2n) is 8.07. The lowest BCUT2D eigenvalue weighted by Crippen LogP contribution is -2.28. The van der Waals surface area contributed by atoms with E-state index in [1.165, 1.54) is 19.3 Å². The smallest absolute Gasteiger partial charge is 0.229 e. The molecule has 2 aliphatic rings. The summed E-state index contributed by atoms with van der Waals surface area (Å²) in [5.74, 6) is 1.73. The number of ether oxygens (including phenoxy) is 1. The van der Waals surface area contributed by atoms with Crippen LogP contribution in [0.2, 0.25) is 0 Å². The van der Waals surface area contributed by atoms with Crippen molar-refractivity contribution >= 4 is 34.2 Å². The van der Waals surface area contributed by atoms with Gasteiger partial charge in [-0.1, -0.05) is 6.42 Å². The molecule has 30 heavy (non-hydrogen) atoms. The Morgan fingerprint density at radius 3 is 2.70 bits per heavy atom. The van der Waals surface area contributed by atoms with Crippen molar-refractivity contribution in [1.29, 1.82) is 0 Å². The molecule has 0 radical (unpaired) electrons. The standard InChI is InChI=1S/C23H24N4O3/c1-30-18-8-6-17(7-9-18)27-13-15(11-21(27)28)23(29)24-16-5-10-19-20(12-16)26-22(25-19)14-3-2-4-14/h5-10,12,14-15H,2-4,11,13H2,1H3,(H,24,29)(H,25,26). The first kappa shape index (κ1) is 18.7. The predicted octanol–water partition coefficient (Wildman–Crippen LogP) is 3.83. The van der Waals surface area contributed by atoms with Crippen LogP contribution < -0.4 is 15.0 Å². The van der Waals surface area contributed by atoms with Gasteiger partial charge in [0.25, 0.3) is 0 Å². The number of H-pyrrole nitrogens is 1. The Labute approximate surface area is 174 Å². The third-order valence-corrected chi connectivity index (χ3v) is 6.14. The fraction of sp³-hybridized carbons (Fsp3) is 0.348. The highest BCUT2D eigenvalue weighted by Gasteiger charge is 2.35. The van der Waals surface area contributed by atoms with Crippen molar-refractivity contribution < 1.29 is 14.3 Å². The molecule has 1 unspecified atom stereocenters. The van der Waals surface area contributed by atoms with Gasteiger partial charge < -0.3 is 19.9 Å². The maximum Gasteiger partial charge on any atom is 0.229 e. The van der Waals surface area contributed by atoms with E-state index in [0.717, 1.165) is 28.3 Å². The fourth-order valence-corrected chi connectivity index (χ4v) is 4.12. The molecule has 2 N–H and O–H groups in total. The van der Waals surface area contributed by atoms with Crippen molar-refractivity contribution in [3.63, 3.8) is 0 Å². The number of methoxy groups -OCH3 is 1. The van der Waals surface area contributed by atoms with Crippen molar-refractivity contribution in [2.24, 2.45) is 5.92 Å². The van der Waals surface area contributed by atoms with E-state index in [0.29, 0.717) is 18.2 Å². The predicted molar refractivity (Wildman–Crippen MR) is 115 cm³/mol. The van der Waals surface area contributed by atoms with Crippen LogP contribution >= 0.6 is 0 Å². The zero-order chi connectivity index (χ0) is 20.7. The monoisotopic (exact) mass is 404 g/mol. The topological polar surface area (TPSA) is 87.3 Å². The molecule has 7 nitrogen and oxygen atoms in total. The molecule has 3 aromatic rings. The average molecular weight is 404 g/mol. The largest absolute Gasteiger partial charge is 0.497 e. The number of carbonyl (C=O) groups is 2. The summed E-state index contributed by atoms with van der Waals surface area (Å²) < 4.78 is 5.16. The van der Waals surface area contributed by atoms with E-state index in [1.54, 1.807) is 12.0 Å². The molecule has 0 spiro atoms. The van der Waals surface area contributed by atoms with E-state index < -0.39 is 0 Å². The van der Waals surface area contributed by atoms with E-state index in [1.807, 2.05) is 42.5 Å². The Morgan fingerprint density at radius 1 is 1.20 bits per heavy atom. The summed E-state index contributed by atoms with van der Waals surface area (Å²) in [4.78, 5) is 35.0. The molecule has 2 amide bonds. The third-order valence-electron chi connectivity index (χ3n) is 6.14. The van der Waals surface area contributed by atoms with Gasteiger partial charge in [-0.15, -0.1) is 0 Å². The minimum atomic E-state index is -0.386. The molecule has 1 saturated carbocycles. The number of anilines is 2. The van der Waals surface area contributed by atoms with Crippen LogP contribution in [0, 0.1) is 5.92 Å². The van der Waals surface area contributed by atoms with E-state index in [-0.39, 0.29) is 24.2 Å². The first-order valence-corrected chi connectivity index (χ1v) is 10.4. The highest BCUT2D eigenvalue weighted by molar-refractivity contribution is 6.04. The lowest BCUT2D eigenvalue weighted by atomic mass is 9.85. The van der Waals surface area contributed by atoms with Gasteiger partial charge in [0.1, 0.15) is 11.6 Å². The van der Waals surface area contributed by atoms with Gasteiger partial charge in [-0.05, 0) is 55.3 Å². The summed E-state index contributed by atoms with van der Waals surface area (Å²) in [5, 5.41) is 2.97. The number of fused-ring (bicyclic) bond motifs is 1. The zero-order valence-electron chi connectivity index (χ0n) is 16.9. The van der Waals surface area contributed by atoms with E-state index in [4.69, 9.17) is 4.74 Å². The third kappa shape index (κ3) is 3.40. The van der Waals surface area contributed by atoms with E-state index in [2.05, 4.69) is 15.3 Å². The average Bonchev–Trinajstić information content (AvgIpc) is 3.29. The number of benzene rings is 2. The maximum atomic E-state index is 12.8. The Morgan fingerprint density at radius 2 is 2.00 bits per heavy atom. The molecule has 2 aromatic carbocycles. The summed E-state index contributed by atoms with van der Waals surface area (Å²) in [5.41, 5.74) is 3.33. The van der Waals surface area contributed by atoms with Crippen LogP contribution in [0.4, 0.5) is 11.4 Å². The first-order valence-electron chi connectivity index (χ1n) is 10.4. The molecule has 0 bridgehead atoms. The number of aromatic nitrogens is 2. The van der Waals surface area contributed by atoms with Gasteiger partial charge >= 0.3 is 0 Å². The van der Waals surface area contributed by atoms with Gasteiger partial charge in [-0.3, -0.25) is 9.59 Å². The van der Waals surface area contributed by atoms with Crippen LogP contribution in [0.3, 0.4) is 0 Å². The lowest BCUT2D eigenvalue weighted by molar-refractivity contribution is -0.122. The molecular formula is C23H24N4O3. The second-order valence-corrected chi connectivity index (χ2v) is 8.07. The molecular weight excluding hydrogens is 380 g/mol. The Hall–Kier alpha value is -3.35. The molecule has 2 fully saturated rings. The summed E-state index contributed by atoms with van der Waals surface area (Å²) in [6.07, 6.45) is 3.83. The highest BCUT2D eigenvalue weighted by atomic mass is 16.5. The molecule has 1 saturated heterocycles. The van der Waals surface area contributed by atoms with Crippen LogP contribution in [-0.4, -0.2) is 35.4 Å². The van der Waals surface area contributed by atoms with Gasteiger partial charge in [0.15, 0.2) is 0 Å². The molecule has 1 atom stereocenters. The minimum Gasteiger partial charge on any atom is -0.497 e. The highest BCUT2D eigenvalue weighted by Crippen LogP contribution is 2.35. The molecule has 2 heterocycles. The Kier molecular flexibility index (Phi) is 4.65. The quantitative estimate of drug-likeness (QED) is 0.677. The SMILES string of the molecule is COc1ccc(N2CC(C(=O)Nc3ccc4nc(C5CCC5)[nH]c4c3)CC2=O)cc1. The molecule has 1 aliphatic heterocycles. The summed E-state index contributed by atoms with van der Waals surface area (Å²) in [6, 6.07) is 13.0. The van der Waals surface area contributed by atoms with E-state index >= 15 is 0 Å². The van der Waals surface area contributed by atoms with E-state index in [9.17, 15) is 9.59 Å². The van der Waals surface area contributed by atoms with Gasteiger partial charge in [-0.25, -0.2) is 4.98 Å². The van der Waals surface area contributed by atoms with Crippen molar-refractivity contribution in [3.8, 4) is 5.75 Å². The van der Waals surface area contributed by atoms with Crippen molar-refractivity contribution in [3.05, 3.63) is 48.3 Å². The van der Waals surface area contributed by atoms with Gasteiger partial charge in [0.05, 0.1) is 24.1 Å². The lowest BCUT2D eigenvalue weighted by Gasteiger charge is -2.22. The maximum absolute atomic E-state index is 12.8. The van der Waals surface area contributed by atoms with Gasteiger partial charge in [0.2, 0.25) is 11.8 Å². The summed E-state index contributed by atoms with van der Waals surface area (Å²) in [6.45, 7) is 0.370. The number of rotatable bonds is 5. The van der Waals surface area contributed by atoms with Crippen LogP contribution in [0.25, 0.3) is 11.0 Å². The van der Waals surface area contributed by atoms with Crippen LogP contribution in [-0.2, 0) is 9.59 Å². The van der Waals surface area contributed by atoms with Crippen LogP contribution in [0.1, 0.15) is 37.4 Å². The van der Waals surface area contributed by atoms with Crippen molar-refractivity contribution in [2.45, 2.75) is 31.6 Å². The minimum absolute atomic E-state index is 0.0468. The number of hydrogen-bond acceptors (Lipinski definition) is 4. The molecule has 7 heteroatoms. The van der Waals surface area contributed by atoms with Crippen molar-refractivity contribution in [1.82, 2.24) is 9.97 Å². The number of hydrogen-bond donors (Lipinski definition) is 2. The Balaban J connectivity index is 1.27. The normalized spacial score (nSPS) is 19.2. The second kappa shape index (κ2) is 7.48. The molecule has 154 valence electrons. The number of nitrogens with zero attached hydrogens (tertiary/aromatic N) is 2. The number of imidazole rings is 1. The van der Waals surface area contributed by atoms with Gasteiger partial charge in [-0.2, -0.15) is 0 Å². The Bertz CT molecular complexity index is 1100. The number of carbonyl (C=O) groups excluding carboxylic acids is 2. The van der Waals surface area contributed by atoms with Crippen molar-refractivity contribution in [2.75, 3.05) is 23.9 Å². The zero-order valence-corrected chi connectivity index (χ0v) is 16.9. The van der Waals surface area contributed by atoms with Gasteiger partial charge in [0, 0.05) is 30.3 Å². The fourth-order valence-electron chi connectivity index (χ4n) is 4.12. The summed E-state index contributed by atoms with van der Waals surface area (Å²) >= 11 is 0.